The number of aromatic nitrogens is 1. The summed E-state index contributed by atoms with van der Waals surface area (Å²) in [4.78, 5) is 21.6. The molecule has 4 aromatic rings. The van der Waals surface area contributed by atoms with E-state index in [1.165, 1.54) is 18.3 Å². The molecule has 0 unspecified atom stereocenters. The molecule has 1 aromatic heterocycles. The maximum atomic E-state index is 11.1. The zero-order valence-corrected chi connectivity index (χ0v) is 16.5. The molecule has 4 rings (SSSR count). The molecule has 1 heterocycles. The van der Waals surface area contributed by atoms with Gasteiger partial charge in [0.2, 0.25) is 5.76 Å². The van der Waals surface area contributed by atoms with Crippen molar-refractivity contribution in [1.82, 2.24) is 5.16 Å². The van der Waals surface area contributed by atoms with Gasteiger partial charge in [-0.15, -0.1) is 0 Å². The van der Waals surface area contributed by atoms with Gasteiger partial charge in [0.05, 0.1) is 10.5 Å². The largest absolute Gasteiger partial charge is 0.478 e. The Morgan fingerprint density at radius 1 is 1.00 bits per heavy atom. The zero-order chi connectivity index (χ0) is 22.5. The fourth-order valence-electron chi connectivity index (χ4n) is 3.00. The van der Waals surface area contributed by atoms with Gasteiger partial charge in [-0.05, 0) is 35.4 Å². The number of aromatic carboxylic acids is 1. The van der Waals surface area contributed by atoms with E-state index in [1.807, 2.05) is 30.4 Å². The predicted octanol–water partition coefficient (Wildman–Crippen LogP) is 5.91. The SMILES string of the molecule is O=C(O)c1cccc(/C=C/c2ccc(Oc3cnoc3-c3cccc([N+](=O)[O-])c3)cc2)c1. The lowest BCUT2D eigenvalue weighted by atomic mass is 10.1. The van der Waals surface area contributed by atoms with Crippen LogP contribution in [0.1, 0.15) is 21.5 Å². The van der Waals surface area contributed by atoms with Gasteiger partial charge in [0, 0.05) is 17.7 Å². The maximum absolute atomic E-state index is 11.1. The number of carboxylic acid groups (broad SMARTS) is 1. The summed E-state index contributed by atoms with van der Waals surface area (Å²) in [5.41, 5.74) is 2.31. The Morgan fingerprint density at radius 3 is 2.50 bits per heavy atom. The second-order valence-corrected chi connectivity index (χ2v) is 6.76. The minimum atomic E-state index is -0.972. The number of nitro benzene ring substituents is 1. The normalized spacial score (nSPS) is 10.9. The Bertz CT molecular complexity index is 1310. The molecule has 0 aliphatic carbocycles. The van der Waals surface area contributed by atoms with Crippen molar-refractivity contribution in [3.05, 3.63) is 106 Å². The smallest absolute Gasteiger partial charge is 0.335 e. The molecule has 0 spiro atoms. The number of hydrogen-bond acceptors (Lipinski definition) is 6. The summed E-state index contributed by atoms with van der Waals surface area (Å²) >= 11 is 0. The van der Waals surface area contributed by atoms with Crippen molar-refractivity contribution in [2.24, 2.45) is 0 Å². The topological polar surface area (TPSA) is 116 Å². The standard InChI is InChI=1S/C24H16N2O6/c27-24(28)19-5-1-3-17(13-19)8-7-16-9-11-21(12-10-16)31-22-15-25-32-23(22)18-4-2-6-20(14-18)26(29)30/h1-15H,(H,27,28)/b8-7+. The lowest BCUT2D eigenvalue weighted by Crippen LogP contribution is -1.95. The highest BCUT2D eigenvalue weighted by Gasteiger charge is 2.16. The third-order valence-corrected chi connectivity index (χ3v) is 4.57. The monoisotopic (exact) mass is 428 g/mol. The van der Waals surface area contributed by atoms with Crippen molar-refractivity contribution in [2.75, 3.05) is 0 Å². The van der Waals surface area contributed by atoms with Crippen molar-refractivity contribution in [1.29, 1.82) is 0 Å². The Labute approximate surface area is 182 Å². The summed E-state index contributed by atoms with van der Waals surface area (Å²) in [5.74, 6) is 0.181. The van der Waals surface area contributed by atoms with E-state index in [4.69, 9.17) is 14.4 Å². The minimum absolute atomic E-state index is 0.0603. The first-order chi connectivity index (χ1) is 15.5. The highest BCUT2D eigenvalue weighted by Crippen LogP contribution is 2.34. The summed E-state index contributed by atoms with van der Waals surface area (Å²) < 4.78 is 11.1. The number of nitro groups is 1. The van der Waals surface area contributed by atoms with Gasteiger partial charge in [0.1, 0.15) is 11.9 Å². The van der Waals surface area contributed by atoms with Gasteiger partial charge in [-0.1, -0.05) is 53.7 Å². The van der Waals surface area contributed by atoms with Crippen molar-refractivity contribution in [2.45, 2.75) is 0 Å². The fraction of sp³-hybridized carbons (Fsp3) is 0. The van der Waals surface area contributed by atoms with Crippen LogP contribution in [0.25, 0.3) is 23.5 Å². The number of non-ortho nitro benzene ring substituents is 1. The number of ether oxygens (including phenoxy) is 1. The molecule has 0 bridgehead atoms. The van der Waals surface area contributed by atoms with Crippen molar-refractivity contribution < 1.29 is 24.1 Å². The number of carboxylic acids is 1. The van der Waals surface area contributed by atoms with Crippen LogP contribution in [0, 0.1) is 10.1 Å². The number of rotatable bonds is 7. The second kappa shape index (κ2) is 8.97. The van der Waals surface area contributed by atoms with Crippen LogP contribution in [-0.4, -0.2) is 21.2 Å². The maximum Gasteiger partial charge on any atom is 0.335 e. The first-order valence-corrected chi connectivity index (χ1v) is 9.48. The van der Waals surface area contributed by atoms with Crippen LogP contribution in [0.15, 0.2) is 83.5 Å². The summed E-state index contributed by atoms with van der Waals surface area (Å²) in [6.45, 7) is 0. The van der Waals surface area contributed by atoms with Crippen LogP contribution < -0.4 is 4.74 Å². The van der Waals surface area contributed by atoms with Crippen molar-refractivity contribution in [3.8, 4) is 22.8 Å². The summed E-state index contributed by atoms with van der Waals surface area (Å²) in [6.07, 6.45) is 5.08. The second-order valence-electron chi connectivity index (χ2n) is 6.76. The van der Waals surface area contributed by atoms with Gasteiger partial charge in [-0.25, -0.2) is 4.79 Å². The Hall–Kier alpha value is -4.72. The third kappa shape index (κ3) is 4.71. The Morgan fingerprint density at radius 2 is 1.75 bits per heavy atom. The predicted molar refractivity (Wildman–Crippen MR) is 117 cm³/mol. The molecule has 0 aliphatic heterocycles. The number of carbonyl (C=O) groups is 1. The Balaban J connectivity index is 1.49. The van der Waals surface area contributed by atoms with Crippen LogP contribution in [0.4, 0.5) is 5.69 Å². The third-order valence-electron chi connectivity index (χ3n) is 4.57. The Kier molecular flexibility index (Phi) is 5.76. The molecule has 158 valence electrons. The molecule has 8 heteroatoms. The van der Waals surface area contributed by atoms with Gasteiger partial charge < -0.3 is 14.4 Å². The van der Waals surface area contributed by atoms with Crippen molar-refractivity contribution >= 4 is 23.8 Å². The van der Waals surface area contributed by atoms with Crippen LogP contribution >= 0.6 is 0 Å². The van der Waals surface area contributed by atoms with E-state index >= 15 is 0 Å². The van der Waals surface area contributed by atoms with E-state index in [2.05, 4.69) is 5.16 Å². The minimum Gasteiger partial charge on any atom is -0.478 e. The molecule has 3 aromatic carbocycles. The van der Waals surface area contributed by atoms with Crippen LogP contribution in [0.3, 0.4) is 0 Å². The van der Waals surface area contributed by atoms with E-state index < -0.39 is 10.9 Å². The van der Waals surface area contributed by atoms with Gasteiger partial charge in [0.15, 0.2) is 5.75 Å². The van der Waals surface area contributed by atoms with Crippen molar-refractivity contribution in [3.63, 3.8) is 0 Å². The first kappa shape index (κ1) is 20.5. The summed E-state index contributed by atoms with van der Waals surface area (Å²) in [5, 5.41) is 23.8. The zero-order valence-electron chi connectivity index (χ0n) is 16.5. The molecule has 0 amide bonds. The highest BCUT2D eigenvalue weighted by atomic mass is 16.6. The molecule has 32 heavy (non-hydrogen) atoms. The number of hydrogen-bond donors (Lipinski definition) is 1. The molecule has 8 nitrogen and oxygen atoms in total. The first-order valence-electron chi connectivity index (χ1n) is 9.48. The van der Waals surface area contributed by atoms with E-state index in [1.54, 1.807) is 42.5 Å². The van der Waals surface area contributed by atoms with Gasteiger partial charge in [-0.3, -0.25) is 10.1 Å². The molecule has 0 fully saturated rings. The molecule has 0 saturated carbocycles. The van der Waals surface area contributed by atoms with Gasteiger partial charge in [0.25, 0.3) is 5.69 Å². The van der Waals surface area contributed by atoms with E-state index in [0.717, 1.165) is 11.1 Å². The highest BCUT2D eigenvalue weighted by molar-refractivity contribution is 5.88. The van der Waals surface area contributed by atoms with Crippen LogP contribution in [0.5, 0.6) is 11.5 Å². The average Bonchev–Trinajstić information content (AvgIpc) is 3.27. The quantitative estimate of drug-likeness (QED) is 0.221. The van der Waals surface area contributed by atoms with Gasteiger partial charge in [-0.2, -0.15) is 0 Å². The molecule has 1 N–H and O–H groups in total. The molecule has 0 radical (unpaired) electrons. The molecular formula is C24H16N2O6. The van der Waals surface area contributed by atoms with E-state index in [0.29, 0.717) is 17.1 Å². The molecule has 0 atom stereocenters. The lowest BCUT2D eigenvalue weighted by Gasteiger charge is -2.05. The number of benzene rings is 3. The van der Waals surface area contributed by atoms with Crippen LogP contribution in [-0.2, 0) is 0 Å². The fourth-order valence-corrected chi connectivity index (χ4v) is 3.00. The van der Waals surface area contributed by atoms with Gasteiger partial charge >= 0.3 is 5.97 Å². The lowest BCUT2D eigenvalue weighted by molar-refractivity contribution is -0.384. The van der Waals surface area contributed by atoms with Crippen LogP contribution in [0.2, 0.25) is 0 Å². The van der Waals surface area contributed by atoms with E-state index in [9.17, 15) is 14.9 Å². The summed E-state index contributed by atoms with van der Waals surface area (Å²) in [7, 11) is 0. The molecule has 0 aliphatic rings. The summed E-state index contributed by atoms with van der Waals surface area (Å²) in [6, 6.07) is 19.9. The molecule has 0 saturated heterocycles. The number of nitrogens with zero attached hydrogens (tertiary/aromatic N) is 2. The average molecular weight is 428 g/mol. The molecular weight excluding hydrogens is 412 g/mol. The van der Waals surface area contributed by atoms with E-state index in [-0.39, 0.29) is 17.0 Å².